The first-order chi connectivity index (χ1) is 12.9. The van der Waals surface area contributed by atoms with Crippen molar-refractivity contribution in [2.24, 2.45) is 5.10 Å². The normalized spacial score (nSPS) is 12.9. The largest absolute Gasteiger partial charge is 0.486 e. The van der Waals surface area contributed by atoms with Gasteiger partial charge < -0.3 is 9.47 Å². The molecule has 0 bridgehead atoms. The van der Waals surface area contributed by atoms with Crippen molar-refractivity contribution in [1.82, 2.24) is 0 Å². The Morgan fingerprint density at radius 1 is 0.808 bits per heavy atom. The molecule has 0 radical (unpaired) electrons. The van der Waals surface area contributed by atoms with E-state index < -0.39 is 0 Å². The molecule has 26 heavy (non-hydrogen) atoms. The van der Waals surface area contributed by atoms with Crippen molar-refractivity contribution in [3.05, 3.63) is 90.0 Å². The van der Waals surface area contributed by atoms with Crippen molar-refractivity contribution in [2.45, 2.75) is 6.54 Å². The molecule has 0 fully saturated rings. The molecule has 4 heteroatoms. The summed E-state index contributed by atoms with van der Waals surface area (Å²) in [6, 6.07) is 26.4. The van der Waals surface area contributed by atoms with Gasteiger partial charge in [0.25, 0.3) is 0 Å². The van der Waals surface area contributed by atoms with E-state index in [1.165, 1.54) is 5.56 Å². The molecule has 0 saturated heterocycles. The van der Waals surface area contributed by atoms with Crippen LogP contribution < -0.4 is 14.5 Å². The molecule has 1 aliphatic heterocycles. The summed E-state index contributed by atoms with van der Waals surface area (Å²) >= 11 is 0. The molecule has 0 aliphatic carbocycles. The fraction of sp³-hybridized carbons (Fsp3) is 0.136. The highest BCUT2D eigenvalue weighted by molar-refractivity contribution is 5.81. The van der Waals surface area contributed by atoms with E-state index >= 15 is 0 Å². The number of hydrogen-bond acceptors (Lipinski definition) is 4. The Morgan fingerprint density at radius 3 is 2.27 bits per heavy atom. The Morgan fingerprint density at radius 2 is 1.50 bits per heavy atom. The molecule has 1 aliphatic rings. The number of para-hydroxylation sites is 1. The van der Waals surface area contributed by atoms with E-state index in [4.69, 9.17) is 14.6 Å². The highest BCUT2D eigenvalue weighted by Gasteiger charge is 2.11. The Bertz CT molecular complexity index is 879. The van der Waals surface area contributed by atoms with E-state index in [0.717, 1.165) is 22.7 Å². The summed E-state index contributed by atoms with van der Waals surface area (Å²) < 4.78 is 11.2. The van der Waals surface area contributed by atoms with E-state index in [9.17, 15) is 0 Å². The van der Waals surface area contributed by atoms with Crippen molar-refractivity contribution in [3.8, 4) is 11.5 Å². The van der Waals surface area contributed by atoms with Crippen LogP contribution in [0.3, 0.4) is 0 Å². The van der Waals surface area contributed by atoms with Gasteiger partial charge in [-0.05, 0) is 41.5 Å². The third kappa shape index (κ3) is 3.86. The lowest BCUT2D eigenvalue weighted by atomic mass is 10.2. The van der Waals surface area contributed by atoms with Crippen LogP contribution in [0.5, 0.6) is 11.5 Å². The van der Waals surface area contributed by atoms with Crippen molar-refractivity contribution in [1.29, 1.82) is 0 Å². The number of nitrogens with zero attached hydrogens (tertiary/aromatic N) is 2. The quantitative estimate of drug-likeness (QED) is 0.505. The number of hydrogen-bond donors (Lipinski definition) is 0. The molecule has 0 atom stereocenters. The zero-order valence-corrected chi connectivity index (χ0v) is 14.4. The first-order valence-corrected chi connectivity index (χ1v) is 8.69. The zero-order chi connectivity index (χ0) is 17.6. The molecule has 4 rings (SSSR count). The van der Waals surface area contributed by atoms with Crippen LogP contribution in [0.25, 0.3) is 0 Å². The summed E-state index contributed by atoms with van der Waals surface area (Å²) in [5, 5.41) is 6.71. The van der Waals surface area contributed by atoms with Gasteiger partial charge in [-0.25, -0.2) is 0 Å². The number of benzene rings is 3. The predicted octanol–water partition coefficient (Wildman–Crippen LogP) is 4.50. The van der Waals surface area contributed by atoms with Crippen LogP contribution in [0.15, 0.2) is 84.0 Å². The number of hydrazone groups is 1. The molecular weight excluding hydrogens is 324 g/mol. The highest BCUT2D eigenvalue weighted by Crippen LogP contribution is 2.30. The minimum absolute atomic E-state index is 0.581. The second-order valence-electron chi connectivity index (χ2n) is 6.03. The molecule has 0 amide bonds. The van der Waals surface area contributed by atoms with Gasteiger partial charge in [0.2, 0.25) is 0 Å². The topological polar surface area (TPSA) is 34.1 Å². The summed E-state index contributed by atoms with van der Waals surface area (Å²) in [7, 11) is 0. The molecular formula is C22H20N2O2. The first kappa shape index (κ1) is 16.2. The lowest BCUT2D eigenvalue weighted by Gasteiger charge is -2.20. The minimum atomic E-state index is 0.581. The van der Waals surface area contributed by atoms with Crippen LogP contribution in [0.2, 0.25) is 0 Å². The average Bonchev–Trinajstić information content (AvgIpc) is 2.72. The maximum absolute atomic E-state index is 5.65. The van der Waals surface area contributed by atoms with Gasteiger partial charge in [0.15, 0.2) is 11.5 Å². The van der Waals surface area contributed by atoms with Crippen molar-refractivity contribution < 1.29 is 9.47 Å². The van der Waals surface area contributed by atoms with Gasteiger partial charge in [0.05, 0.1) is 18.4 Å². The summed E-state index contributed by atoms with van der Waals surface area (Å²) in [6.07, 6.45) is 1.86. The SMILES string of the molecule is C(=N/N(Cc1ccccc1)c1ccccc1)/c1ccc2c(c1)OCCO2. The Hall–Kier alpha value is -3.27. The molecule has 130 valence electrons. The van der Waals surface area contributed by atoms with Crippen LogP contribution in [-0.4, -0.2) is 19.4 Å². The molecule has 0 N–H and O–H groups in total. The Kier molecular flexibility index (Phi) is 4.83. The fourth-order valence-corrected chi connectivity index (χ4v) is 2.83. The van der Waals surface area contributed by atoms with Crippen molar-refractivity contribution in [2.75, 3.05) is 18.2 Å². The summed E-state index contributed by atoms with van der Waals surface area (Å²) in [6.45, 7) is 1.88. The standard InChI is InChI=1S/C22H20N2O2/c1-3-7-18(8-4-1)17-24(20-9-5-2-6-10-20)23-16-19-11-12-21-22(15-19)26-14-13-25-21/h1-12,15-16H,13-14,17H2/b23-16-. The van der Waals surface area contributed by atoms with Gasteiger partial charge in [-0.15, -0.1) is 0 Å². The van der Waals surface area contributed by atoms with E-state index in [0.29, 0.717) is 19.8 Å². The van der Waals surface area contributed by atoms with Gasteiger partial charge in [0.1, 0.15) is 13.2 Å². The van der Waals surface area contributed by atoms with Gasteiger partial charge in [-0.3, -0.25) is 5.01 Å². The molecule has 0 saturated carbocycles. The van der Waals surface area contributed by atoms with Crippen molar-refractivity contribution >= 4 is 11.9 Å². The van der Waals surface area contributed by atoms with Crippen molar-refractivity contribution in [3.63, 3.8) is 0 Å². The summed E-state index contributed by atoms with van der Waals surface area (Å²) in [5.41, 5.74) is 3.23. The van der Waals surface area contributed by atoms with E-state index in [-0.39, 0.29) is 0 Å². The van der Waals surface area contributed by atoms with Gasteiger partial charge in [-0.1, -0.05) is 48.5 Å². The Labute approximate surface area is 153 Å². The molecule has 1 heterocycles. The third-order valence-corrected chi connectivity index (χ3v) is 4.14. The lowest BCUT2D eigenvalue weighted by Crippen LogP contribution is -2.16. The molecule has 0 aromatic heterocycles. The first-order valence-electron chi connectivity index (χ1n) is 8.69. The second-order valence-corrected chi connectivity index (χ2v) is 6.03. The van der Waals surface area contributed by atoms with Crippen LogP contribution in [0.4, 0.5) is 5.69 Å². The maximum Gasteiger partial charge on any atom is 0.162 e. The minimum Gasteiger partial charge on any atom is -0.486 e. The van der Waals surface area contributed by atoms with Crippen LogP contribution >= 0.6 is 0 Å². The number of fused-ring (bicyclic) bond motifs is 1. The smallest absolute Gasteiger partial charge is 0.162 e. The predicted molar refractivity (Wildman–Crippen MR) is 104 cm³/mol. The molecule has 3 aromatic carbocycles. The van der Waals surface area contributed by atoms with Gasteiger partial charge in [0, 0.05) is 0 Å². The highest BCUT2D eigenvalue weighted by atomic mass is 16.6. The van der Waals surface area contributed by atoms with Crippen LogP contribution in [-0.2, 0) is 6.54 Å². The average molecular weight is 344 g/mol. The molecule has 0 spiro atoms. The van der Waals surface area contributed by atoms with Gasteiger partial charge in [-0.2, -0.15) is 5.10 Å². The third-order valence-electron chi connectivity index (χ3n) is 4.14. The van der Waals surface area contributed by atoms with Crippen LogP contribution in [0, 0.1) is 0 Å². The molecule has 4 nitrogen and oxygen atoms in total. The van der Waals surface area contributed by atoms with Crippen LogP contribution in [0.1, 0.15) is 11.1 Å². The number of rotatable bonds is 5. The summed E-state index contributed by atoms with van der Waals surface area (Å²) in [4.78, 5) is 0. The fourth-order valence-electron chi connectivity index (χ4n) is 2.83. The molecule has 3 aromatic rings. The van der Waals surface area contributed by atoms with E-state index in [1.54, 1.807) is 0 Å². The molecule has 0 unspecified atom stereocenters. The summed E-state index contributed by atoms with van der Waals surface area (Å²) in [5.74, 6) is 1.56. The number of ether oxygens (including phenoxy) is 2. The lowest BCUT2D eigenvalue weighted by molar-refractivity contribution is 0.171. The maximum atomic E-state index is 5.65. The number of anilines is 1. The Balaban J connectivity index is 1.59. The van der Waals surface area contributed by atoms with Gasteiger partial charge >= 0.3 is 0 Å². The van der Waals surface area contributed by atoms with E-state index in [1.807, 2.05) is 65.8 Å². The monoisotopic (exact) mass is 344 g/mol. The zero-order valence-electron chi connectivity index (χ0n) is 14.4. The second kappa shape index (κ2) is 7.74. The van der Waals surface area contributed by atoms with E-state index in [2.05, 4.69) is 24.3 Å².